The number of rotatable bonds is 2. The van der Waals surface area contributed by atoms with Gasteiger partial charge in [0.25, 0.3) is 6.71 Å². The lowest BCUT2D eigenvalue weighted by atomic mass is 9.36. The second-order valence-electron chi connectivity index (χ2n) is 17.6. The van der Waals surface area contributed by atoms with Gasteiger partial charge in [0.05, 0.1) is 11.1 Å². The van der Waals surface area contributed by atoms with E-state index in [0.29, 0.717) is 0 Å². The first-order valence-corrected chi connectivity index (χ1v) is 21.6. The number of hydrogen-bond acceptors (Lipinski definition) is 3. The van der Waals surface area contributed by atoms with E-state index in [2.05, 4.69) is 213 Å². The lowest BCUT2D eigenvalue weighted by Gasteiger charge is -2.43. The van der Waals surface area contributed by atoms with Gasteiger partial charge in [-0.05, 0) is 121 Å². The summed E-state index contributed by atoms with van der Waals surface area (Å²) in [5.41, 5.74) is 22.0. The molecule has 8 aromatic carbocycles. The van der Waals surface area contributed by atoms with Crippen LogP contribution in [0, 0.1) is 0 Å². The molecule has 0 fully saturated rings. The number of fused-ring (bicyclic) bond motifs is 16. The summed E-state index contributed by atoms with van der Waals surface area (Å²) in [6.07, 6.45) is 0. The van der Waals surface area contributed by atoms with Gasteiger partial charge < -0.3 is 9.80 Å². The van der Waals surface area contributed by atoms with E-state index >= 15 is 0 Å². The second kappa shape index (κ2) is 11.7. The molecule has 0 saturated carbocycles. The average Bonchev–Trinajstić information content (AvgIpc) is 3.89. The Morgan fingerprint density at radius 1 is 0.475 bits per heavy atom. The van der Waals surface area contributed by atoms with Crippen molar-refractivity contribution in [1.29, 1.82) is 0 Å². The van der Waals surface area contributed by atoms with Gasteiger partial charge in [-0.2, -0.15) is 0 Å². The highest BCUT2D eigenvalue weighted by molar-refractivity contribution is 7.33. The molecule has 59 heavy (non-hydrogen) atoms. The number of nitrogens with zero attached hydrogens (tertiary/aromatic N) is 2. The zero-order chi connectivity index (χ0) is 39.2. The third-order valence-electron chi connectivity index (χ3n) is 13.6. The summed E-state index contributed by atoms with van der Waals surface area (Å²) in [4.78, 5) is 5.05. The molecule has 0 N–H and O–H groups in total. The number of para-hydroxylation sites is 3. The predicted octanol–water partition coefficient (Wildman–Crippen LogP) is 12.6. The van der Waals surface area contributed by atoms with Gasteiger partial charge in [0, 0.05) is 43.3 Å². The van der Waals surface area contributed by atoms with E-state index in [1.165, 1.54) is 110 Å². The van der Waals surface area contributed by atoms with Crippen LogP contribution in [0.3, 0.4) is 0 Å². The first-order chi connectivity index (χ1) is 28.9. The van der Waals surface area contributed by atoms with Crippen molar-refractivity contribution in [3.8, 4) is 22.3 Å². The van der Waals surface area contributed by atoms with E-state index in [1.54, 1.807) is 0 Å². The Bertz CT molecular complexity index is 3180. The molecule has 4 aliphatic rings. The van der Waals surface area contributed by atoms with Crippen LogP contribution in [0.15, 0.2) is 182 Å². The zero-order valence-corrected chi connectivity index (χ0v) is 34.0. The Balaban J connectivity index is 1.15. The van der Waals surface area contributed by atoms with Crippen molar-refractivity contribution in [2.24, 2.45) is 0 Å². The fraction of sp³-hybridized carbons (Fsp3) is 0.0909. The van der Waals surface area contributed by atoms with E-state index in [0.717, 1.165) is 0 Å². The van der Waals surface area contributed by atoms with Crippen LogP contribution in [0.1, 0.15) is 48.6 Å². The fourth-order valence-corrected chi connectivity index (χ4v) is 12.5. The molecule has 4 heteroatoms. The molecule has 278 valence electrons. The number of benzene rings is 8. The minimum absolute atomic E-state index is 0.0108. The summed E-state index contributed by atoms with van der Waals surface area (Å²) in [5.74, 6) is 0. The Morgan fingerprint density at radius 2 is 1.03 bits per heavy atom. The molecule has 0 unspecified atom stereocenters. The molecule has 0 amide bonds. The Kier molecular flexibility index (Phi) is 6.64. The highest BCUT2D eigenvalue weighted by atomic mass is 32.1. The topological polar surface area (TPSA) is 6.48 Å². The van der Waals surface area contributed by atoms with E-state index in [9.17, 15) is 0 Å². The Labute approximate surface area is 349 Å². The second-order valence-corrected chi connectivity index (χ2v) is 18.7. The summed E-state index contributed by atoms with van der Waals surface area (Å²) in [6, 6.07) is 68.9. The predicted molar refractivity (Wildman–Crippen MR) is 251 cm³/mol. The standard InChI is InChI=1S/C55H39BN2S/c1-54(2,3)34-29-30-39-40-33-50-41(32-45(40)55(44(39)31-34)42-23-12-10-21-37(42)38-22-11-13-24-43(38)55)52-53(59-50)56-46-25-14-15-26-47(46)57(35-17-6-4-7-18-35)48-27-16-28-49(51(48)56)58(52)36-19-8-5-9-20-36/h4-33H,1-3H3. The molecule has 0 saturated heterocycles. The molecule has 2 nitrogen and oxygen atoms in total. The lowest BCUT2D eigenvalue weighted by Crippen LogP contribution is -2.60. The van der Waals surface area contributed by atoms with Gasteiger partial charge in [-0.15, -0.1) is 11.3 Å². The van der Waals surface area contributed by atoms with Crippen molar-refractivity contribution in [2.45, 2.75) is 31.6 Å². The summed E-state index contributed by atoms with van der Waals surface area (Å²) < 4.78 is 2.73. The van der Waals surface area contributed by atoms with Gasteiger partial charge in [-0.3, -0.25) is 0 Å². The molecule has 3 heterocycles. The molecular formula is C55H39BN2S. The van der Waals surface area contributed by atoms with Gasteiger partial charge in [-0.25, -0.2) is 0 Å². The van der Waals surface area contributed by atoms with Crippen molar-refractivity contribution in [3.63, 3.8) is 0 Å². The number of thiophene rings is 1. The highest BCUT2D eigenvalue weighted by Crippen LogP contribution is 2.64. The van der Waals surface area contributed by atoms with Crippen molar-refractivity contribution < 1.29 is 0 Å². The maximum atomic E-state index is 2.62. The molecule has 9 aromatic rings. The third-order valence-corrected chi connectivity index (χ3v) is 14.8. The SMILES string of the molecule is CC(C)(C)c1ccc2c(c1)C1(c3ccccc3-c3ccccc31)c1cc3c4c(sc3cc1-2)B1c2ccccc2N(c2ccccc2)c2cccc(c21)N4c1ccccc1. The van der Waals surface area contributed by atoms with Gasteiger partial charge in [0.15, 0.2) is 0 Å². The van der Waals surface area contributed by atoms with E-state index in [1.807, 2.05) is 11.3 Å². The van der Waals surface area contributed by atoms with Crippen molar-refractivity contribution >= 4 is 78.0 Å². The fourth-order valence-electron chi connectivity index (χ4n) is 11.2. The first-order valence-electron chi connectivity index (χ1n) is 20.8. The van der Waals surface area contributed by atoms with Crippen LogP contribution in [0.2, 0.25) is 0 Å². The van der Waals surface area contributed by atoms with E-state index in [-0.39, 0.29) is 12.1 Å². The molecular weight excluding hydrogens is 731 g/mol. The van der Waals surface area contributed by atoms with Gasteiger partial charge in [0.1, 0.15) is 0 Å². The van der Waals surface area contributed by atoms with E-state index < -0.39 is 5.41 Å². The molecule has 0 atom stereocenters. The van der Waals surface area contributed by atoms with Crippen LogP contribution in [0.5, 0.6) is 0 Å². The van der Waals surface area contributed by atoms with Gasteiger partial charge in [0.2, 0.25) is 0 Å². The average molecular weight is 771 g/mol. The minimum atomic E-state index is -0.437. The summed E-state index contributed by atoms with van der Waals surface area (Å²) in [5, 5.41) is 1.32. The smallest absolute Gasteiger partial charge is 0.264 e. The largest absolute Gasteiger partial charge is 0.311 e. The minimum Gasteiger partial charge on any atom is -0.311 e. The van der Waals surface area contributed by atoms with Crippen LogP contribution in [0.25, 0.3) is 32.3 Å². The van der Waals surface area contributed by atoms with Crippen LogP contribution < -0.4 is 25.5 Å². The Hall–Kier alpha value is -6.62. The molecule has 13 rings (SSSR count). The zero-order valence-electron chi connectivity index (χ0n) is 33.2. The molecule has 2 aliphatic heterocycles. The van der Waals surface area contributed by atoms with Crippen LogP contribution >= 0.6 is 11.3 Å². The van der Waals surface area contributed by atoms with Crippen molar-refractivity contribution in [1.82, 2.24) is 0 Å². The van der Waals surface area contributed by atoms with Crippen molar-refractivity contribution in [3.05, 3.63) is 210 Å². The molecule has 0 bridgehead atoms. The summed E-state index contributed by atoms with van der Waals surface area (Å²) in [7, 11) is 0. The highest BCUT2D eigenvalue weighted by Gasteiger charge is 2.53. The van der Waals surface area contributed by atoms with E-state index in [4.69, 9.17) is 0 Å². The van der Waals surface area contributed by atoms with Crippen molar-refractivity contribution in [2.75, 3.05) is 9.80 Å². The lowest BCUT2D eigenvalue weighted by molar-refractivity contribution is 0.588. The van der Waals surface area contributed by atoms with Crippen LogP contribution in [-0.2, 0) is 10.8 Å². The molecule has 1 spiro atoms. The molecule has 0 radical (unpaired) electrons. The van der Waals surface area contributed by atoms with Gasteiger partial charge in [-0.1, -0.05) is 148 Å². The molecule has 2 aliphatic carbocycles. The molecule has 1 aromatic heterocycles. The Morgan fingerprint density at radius 3 is 1.73 bits per heavy atom. The number of hydrogen-bond donors (Lipinski definition) is 0. The summed E-state index contributed by atoms with van der Waals surface area (Å²) in [6.45, 7) is 7.10. The summed E-state index contributed by atoms with van der Waals surface area (Å²) >= 11 is 1.99. The quantitative estimate of drug-likeness (QED) is 0.162. The van der Waals surface area contributed by atoms with Crippen LogP contribution in [0.4, 0.5) is 34.1 Å². The third kappa shape index (κ3) is 4.27. The first kappa shape index (κ1) is 33.4. The monoisotopic (exact) mass is 770 g/mol. The van der Waals surface area contributed by atoms with Crippen LogP contribution in [-0.4, -0.2) is 6.71 Å². The normalized spacial score (nSPS) is 14.7. The number of anilines is 6. The van der Waals surface area contributed by atoms with Gasteiger partial charge >= 0.3 is 0 Å². The maximum absolute atomic E-state index is 2.62. The maximum Gasteiger partial charge on any atom is 0.264 e.